The fourth-order valence-corrected chi connectivity index (χ4v) is 3.58. The number of rotatable bonds is 3. The molecule has 0 aliphatic heterocycles. The maximum atomic E-state index is 13.6. The average Bonchev–Trinajstić information content (AvgIpc) is 2.40. The molecule has 112 valence electrons. The molecule has 0 radical (unpaired) electrons. The molecular weight excluding hydrogens is 340 g/mol. The second-order valence-electron chi connectivity index (χ2n) is 4.25. The fraction of sp³-hybridized carbons (Fsp3) is 0.0769. The van der Waals surface area contributed by atoms with Gasteiger partial charge in [-0.1, -0.05) is 35.3 Å². The fourth-order valence-electron chi connectivity index (χ4n) is 1.69. The van der Waals surface area contributed by atoms with Crippen LogP contribution in [0.3, 0.4) is 0 Å². The van der Waals surface area contributed by atoms with E-state index in [4.69, 9.17) is 23.2 Å². The summed E-state index contributed by atoms with van der Waals surface area (Å²) in [6, 6.07) is 6.69. The number of nitrogens with one attached hydrogen (secondary N) is 1. The number of phenols is 1. The van der Waals surface area contributed by atoms with E-state index in [9.17, 15) is 17.9 Å². The Bertz CT molecular complexity index is 789. The first kappa shape index (κ1) is 15.9. The van der Waals surface area contributed by atoms with Crippen molar-refractivity contribution in [1.82, 2.24) is 0 Å². The summed E-state index contributed by atoms with van der Waals surface area (Å²) in [6.07, 6.45) is 0. The maximum absolute atomic E-state index is 13.6. The monoisotopic (exact) mass is 349 g/mol. The van der Waals surface area contributed by atoms with Crippen LogP contribution >= 0.6 is 23.2 Å². The standard InChI is InChI=1S/C13H10Cl2FNO3S/c1-7-3-2-4-9(18)13(7)17-21(19,20)10-6-5-8(14)12(16)11(10)15/h2-6,17-18H,1H3. The number of hydrogen-bond acceptors (Lipinski definition) is 3. The molecular formula is C13H10Cl2FNO3S. The van der Waals surface area contributed by atoms with Crippen molar-refractivity contribution < 1.29 is 17.9 Å². The van der Waals surface area contributed by atoms with Crippen LogP contribution in [0.15, 0.2) is 35.2 Å². The van der Waals surface area contributed by atoms with Gasteiger partial charge in [0.1, 0.15) is 10.6 Å². The molecule has 2 rings (SSSR count). The summed E-state index contributed by atoms with van der Waals surface area (Å²) < 4.78 is 40.3. The molecule has 0 amide bonds. The molecule has 0 saturated heterocycles. The normalized spacial score (nSPS) is 11.4. The lowest BCUT2D eigenvalue weighted by atomic mass is 10.2. The van der Waals surface area contributed by atoms with Gasteiger partial charge in [0.2, 0.25) is 0 Å². The van der Waals surface area contributed by atoms with E-state index in [0.717, 1.165) is 12.1 Å². The van der Waals surface area contributed by atoms with Crippen molar-refractivity contribution in [2.45, 2.75) is 11.8 Å². The Kier molecular flexibility index (Phi) is 4.32. The van der Waals surface area contributed by atoms with E-state index in [1.54, 1.807) is 19.1 Å². The molecule has 0 atom stereocenters. The van der Waals surface area contributed by atoms with Crippen LogP contribution in [0.5, 0.6) is 5.75 Å². The Balaban J connectivity index is 2.52. The number of phenolic OH excluding ortho intramolecular Hbond substituents is 1. The number of sulfonamides is 1. The number of benzene rings is 2. The van der Waals surface area contributed by atoms with Crippen molar-refractivity contribution in [3.8, 4) is 5.75 Å². The third-order valence-corrected chi connectivity index (χ3v) is 4.94. The highest BCUT2D eigenvalue weighted by atomic mass is 35.5. The molecule has 4 nitrogen and oxygen atoms in total. The predicted octanol–water partition coefficient (Wildman–Crippen LogP) is 3.95. The van der Waals surface area contributed by atoms with Crippen LogP contribution in [0.25, 0.3) is 0 Å². The van der Waals surface area contributed by atoms with Gasteiger partial charge in [-0.05, 0) is 30.7 Å². The Morgan fingerprint density at radius 3 is 2.48 bits per heavy atom. The Morgan fingerprint density at radius 2 is 1.86 bits per heavy atom. The molecule has 2 N–H and O–H groups in total. The smallest absolute Gasteiger partial charge is 0.263 e. The highest BCUT2D eigenvalue weighted by Gasteiger charge is 2.23. The topological polar surface area (TPSA) is 66.4 Å². The molecule has 0 saturated carbocycles. The lowest BCUT2D eigenvalue weighted by Crippen LogP contribution is -2.15. The molecule has 0 spiro atoms. The quantitative estimate of drug-likeness (QED) is 0.651. The van der Waals surface area contributed by atoms with Gasteiger partial charge in [0.05, 0.1) is 15.7 Å². The summed E-state index contributed by atoms with van der Waals surface area (Å²) in [5.74, 6) is -1.26. The van der Waals surface area contributed by atoms with Crippen LogP contribution in [0.4, 0.5) is 10.1 Å². The van der Waals surface area contributed by atoms with Crippen molar-refractivity contribution in [1.29, 1.82) is 0 Å². The van der Waals surface area contributed by atoms with Crippen LogP contribution in [0, 0.1) is 12.7 Å². The number of anilines is 1. The van der Waals surface area contributed by atoms with Gasteiger partial charge in [-0.25, -0.2) is 12.8 Å². The van der Waals surface area contributed by atoms with Crippen LogP contribution < -0.4 is 4.72 Å². The second kappa shape index (κ2) is 5.71. The van der Waals surface area contributed by atoms with Crippen molar-refractivity contribution in [3.05, 3.63) is 51.8 Å². The molecule has 8 heteroatoms. The molecule has 0 aliphatic rings. The largest absolute Gasteiger partial charge is 0.506 e. The minimum absolute atomic E-state index is 0.00363. The van der Waals surface area contributed by atoms with E-state index in [1.807, 2.05) is 0 Å². The zero-order valence-corrected chi connectivity index (χ0v) is 13.0. The minimum atomic E-state index is -4.17. The Labute approximate surface area is 131 Å². The van der Waals surface area contributed by atoms with E-state index in [2.05, 4.69) is 4.72 Å². The summed E-state index contributed by atoms with van der Waals surface area (Å²) in [6.45, 7) is 1.61. The highest BCUT2D eigenvalue weighted by Crippen LogP contribution is 2.33. The second-order valence-corrected chi connectivity index (χ2v) is 6.68. The summed E-state index contributed by atoms with van der Waals surface area (Å²) >= 11 is 11.2. The van der Waals surface area contributed by atoms with E-state index < -0.39 is 25.8 Å². The van der Waals surface area contributed by atoms with Crippen molar-refractivity contribution in [2.75, 3.05) is 4.72 Å². The van der Waals surface area contributed by atoms with E-state index >= 15 is 0 Å². The molecule has 2 aromatic carbocycles. The van der Waals surface area contributed by atoms with Gasteiger partial charge in [-0.15, -0.1) is 0 Å². The number of aryl methyl sites for hydroxylation is 1. The first-order valence-electron chi connectivity index (χ1n) is 5.69. The Hall–Kier alpha value is -1.50. The van der Waals surface area contributed by atoms with Gasteiger partial charge < -0.3 is 5.11 Å². The average molecular weight is 350 g/mol. The van der Waals surface area contributed by atoms with Crippen LogP contribution in [0.2, 0.25) is 10.0 Å². The van der Waals surface area contributed by atoms with Crippen molar-refractivity contribution >= 4 is 38.9 Å². The number of aromatic hydroxyl groups is 1. The molecule has 0 fully saturated rings. The number of hydrogen-bond donors (Lipinski definition) is 2. The van der Waals surface area contributed by atoms with Gasteiger partial charge in [-0.3, -0.25) is 4.72 Å². The highest BCUT2D eigenvalue weighted by molar-refractivity contribution is 7.92. The Morgan fingerprint density at radius 1 is 1.19 bits per heavy atom. The van der Waals surface area contributed by atoms with Gasteiger partial charge in [0.15, 0.2) is 5.82 Å². The first-order valence-corrected chi connectivity index (χ1v) is 7.93. The molecule has 21 heavy (non-hydrogen) atoms. The zero-order valence-electron chi connectivity index (χ0n) is 10.7. The molecule has 0 unspecified atom stereocenters. The molecule has 2 aromatic rings. The van der Waals surface area contributed by atoms with Crippen molar-refractivity contribution in [2.24, 2.45) is 0 Å². The van der Waals surface area contributed by atoms with Gasteiger partial charge in [-0.2, -0.15) is 0 Å². The molecule has 0 aromatic heterocycles. The minimum Gasteiger partial charge on any atom is -0.506 e. The van der Waals surface area contributed by atoms with Crippen molar-refractivity contribution in [3.63, 3.8) is 0 Å². The number of halogens is 3. The summed E-state index contributed by atoms with van der Waals surface area (Å²) in [5, 5.41) is 8.83. The predicted molar refractivity (Wildman–Crippen MR) is 80.1 cm³/mol. The van der Waals surface area contributed by atoms with Gasteiger partial charge in [0.25, 0.3) is 10.0 Å². The number of para-hydroxylation sites is 1. The van der Waals surface area contributed by atoms with E-state index in [0.29, 0.717) is 5.56 Å². The maximum Gasteiger partial charge on any atom is 0.263 e. The zero-order chi connectivity index (χ0) is 15.8. The van der Waals surface area contributed by atoms with E-state index in [1.165, 1.54) is 6.07 Å². The van der Waals surface area contributed by atoms with Gasteiger partial charge >= 0.3 is 0 Å². The SMILES string of the molecule is Cc1cccc(O)c1NS(=O)(=O)c1ccc(Cl)c(F)c1Cl. The summed E-state index contributed by atoms with van der Waals surface area (Å²) in [5.41, 5.74) is 0.507. The van der Waals surface area contributed by atoms with Crippen LogP contribution in [0.1, 0.15) is 5.56 Å². The summed E-state index contributed by atoms with van der Waals surface area (Å²) in [4.78, 5) is -0.464. The molecule has 0 bridgehead atoms. The lowest BCUT2D eigenvalue weighted by Gasteiger charge is -2.13. The van der Waals surface area contributed by atoms with E-state index in [-0.39, 0.29) is 16.5 Å². The van der Waals surface area contributed by atoms with Gasteiger partial charge in [0, 0.05) is 0 Å². The lowest BCUT2D eigenvalue weighted by molar-refractivity contribution is 0.477. The first-order chi connectivity index (χ1) is 9.74. The van der Waals surface area contributed by atoms with Crippen LogP contribution in [-0.4, -0.2) is 13.5 Å². The molecule has 0 aliphatic carbocycles. The molecule has 0 heterocycles. The summed E-state index contributed by atoms with van der Waals surface area (Å²) in [7, 11) is -4.17. The third-order valence-electron chi connectivity index (χ3n) is 2.78. The van der Waals surface area contributed by atoms with Crippen LogP contribution in [-0.2, 0) is 10.0 Å². The third kappa shape index (κ3) is 3.07.